The second kappa shape index (κ2) is 13.4. The van der Waals surface area contributed by atoms with Crippen LogP contribution in [0.25, 0.3) is 0 Å². The number of carbonyl (C=O) groups is 1. The summed E-state index contributed by atoms with van der Waals surface area (Å²) in [4.78, 5) is 10.6. The maximum Gasteiger partial charge on any atom is 0.321 e. The Balaban J connectivity index is 3.90. The zero-order valence-electron chi connectivity index (χ0n) is 14.5. The van der Waals surface area contributed by atoms with Gasteiger partial charge in [0.2, 0.25) is 0 Å². The summed E-state index contributed by atoms with van der Waals surface area (Å²) in [6.07, 6.45) is 10.6. The Kier molecular flexibility index (Phi) is 12.8. The molecule has 0 aromatic carbocycles. The van der Waals surface area contributed by atoms with Gasteiger partial charge in [0, 0.05) is 11.5 Å². The molecule has 0 heterocycles. The minimum absolute atomic E-state index is 0.141. The van der Waals surface area contributed by atoms with Gasteiger partial charge in [-0.05, 0) is 46.5 Å². The molecular weight excluding hydrogens is 310 g/mol. The lowest BCUT2D eigenvalue weighted by molar-refractivity contribution is -0.137. The van der Waals surface area contributed by atoms with Gasteiger partial charge in [0.1, 0.15) is 6.04 Å². The van der Waals surface area contributed by atoms with Gasteiger partial charge in [-0.1, -0.05) is 34.9 Å². The molecule has 0 spiro atoms. The standard InChI is InChI=1S/C18H31NO3S/c1-14(7-5-9-16(3)12-20)6-4-8-15(2)10-11-23-13-17(19)18(21)22/h6,9-10,17,20H,4-5,7-8,11-13,19H2,1-3H3,(H,21,22)/t17-/m0/s1. The third-order valence-electron chi connectivity index (χ3n) is 3.48. The summed E-state index contributed by atoms with van der Waals surface area (Å²) in [7, 11) is 0. The lowest BCUT2D eigenvalue weighted by atomic mass is 10.1. The highest BCUT2D eigenvalue weighted by atomic mass is 32.2. The molecule has 0 rings (SSSR count). The molecule has 132 valence electrons. The zero-order valence-corrected chi connectivity index (χ0v) is 15.4. The van der Waals surface area contributed by atoms with Gasteiger partial charge in [-0.15, -0.1) is 0 Å². The largest absolute Gasteiger partial charge is 0.480 e. The zero-order chi connectivity index (χ0) is 17.7. The average Bonchev–Trinajstić information content (AvgIpc) is 2.50. The number of rotatable bonds is 12. The Morgan fingerprint density at radius 3 is 2.09 bits per heavy atom. The maximum absolute atomic E-state index is 10.6. The predicted octanol–water partition coefficient (Wildman–Crippen LogP) is 3.52. The number of aliphatic hydroxyl groups excluding tert-OH is 1. The summed E-state index contributed by atoms with van der Waals surface area (Å²) in [5.41, 5.74) is 9.17. The molecule has 0 unspecified atom stereocenters. The third kappa shape index (κ3) is 13.1. The van der Waals surface area contributed by atoms with Gasteiger partial charge in [-0.2, -0.15) is 11.8 Å². The second-order valence-electron chi connectivity index (χ2n) is 5.87. The highest BCUT2D eigenvalue weighted by molar-refractivity contribution is 7.99. The Labute approximate surface area is 144 Å². The molecule has 0 radical (unpaired) electrons. The summed E-state index contributed by atoms with van der Waals surface area (Å²) in [5, 5.41) is 17.6. The van der Waals surface area contributed by atoms with Crippen LogP contribution in [0.15, 0.2) is 34.9 Å². The van der Waals surface area contributed by atoms with Gasteiger partial charge in [-0.3, -0.25) is 4.79 Å². The van der Waals surface area contributed by atoms with E-state index in [1.165, 1.54) is 11.1 Å². The van der Waals surface area contributed by atoms with Crippen LogP contribution in [0.5, 0.6) is 0 Å². The third-order valence-corrected chi connectivity index (χ3v) is 4.47. The van der Waals surface area contributed by atoms with Crippen molar-refractivity contribution in [3.05, 3.63) is 34.9 Å². The van der Waals surface area contributed by atoms with Crippen molar-refractivity contribution in [2.45, 2.75) is 52.5 Å². The lowest BCUT2D eigenvalue weighted by Crippen LogP contribution is -2.32. The van der Waals surface area contributed by atoms with Crippen molar-refractivity contribution in [2.75, 3.05) is 18.1 Å². The van der Waals surface area contributed by atoms with E-state index in [4.69, 9.17) is 15.9 Å². The molecule has 4 nitrogen and oxygen atoms in total. The summed E-state index contributed by atoms with van der Waals surface area (Å²) in [6, 6.07) is -0.775. The minimum Gasteiger partial charge on any atom is -0.480 e. The van der Waals surface area contributed by atoms with E-state index in [-0.39, 0.29) is 6.61 Å². The molecule has 0 bridgehead atoms. The van der Waals surface area contributed by atoms with Crippen molar-refractivity contribution in [3.63, 3.8) is 0 Å². The highest BCUT2D eigenvalue weighted by Crippen LogP contribution is 2.12. The van der Waals surface area contributed by atoms with Crippen molar-refractivity contribution in [3.8, 4) is 0 Å². The van der Waals surface area contributed by atoms with Gasteiger partial charge in [0.05, 0.1) is 6.61 Å². The topological polar surface area (TPSA) is 83.6 Å². The van der Waals surface area contributed by atoms with E-state index >= 15 is 0 Å². The molecule has 0 fully saturated rings. The number of hydrogen-bond acceptors (Lipinski definition) is 4. The Morgan fingerprint density at radius 2 is 1.57 bits per heavy atom. The molecule has 0 aliphatic rings. The molecule has 23 heavy (non-hydrogen) atoms. The second-order valence-corrected chi connectivity index (χ2v) is 6.94. The van der Waals surface area contributed by atoms with Crippen LogP contribution in [0.1, 0.15) is 46.5 Å². The monoisotopic (exact) mass is 341 g/mol. The smallest absolute Gasteiger partial charge is 0.321 e. The molecule has 0 saturated heterocycles. The number of carboxylic acids is 1. The van der Waals surface area contributed by atoms with Crippen molar-refractivity contribution in [2.24, 2.45) is 5.73 Å². The number of aliphatic carboxylic acids is 1. The maximum atomic E-state index is 10.6. The van der Waals surface area contributed by atoms with E-state index in [1.54, 1.807) is 11.8 Å². The molecule has 0 aliphatic carbocycles. The van der Waals surface area contributed by atoms with E-state index in [0.717, 1.165) is 37.0 Å². The number of carboxylic acid groups (broad SMARTS) is 1. The van der Waals surface area contributed by atoms with E-state index < -0.39 is 12.0 Å². The van der Waals surface area contributed by atoms with Crippen LogP contribution in [-0.2, 0) is 4.79 Å². The Bertz CT molecular complexity index is 442. The first-order valence-corrected chi connectivity index (χ1v) is 9.16. The first-order valence-electron chi connectivity index (χ1n) is 8.00. The van der Waals surface area contributed by atoms with Crippen LogP contribution in [0.4, 0.5) is 0 Å². The van der Waals surface area contributed by atoms with Gasteiger partial charge in [0.25, 0.3) is 0 Å². The van der Waals surface area contributed by atoms with Crippen molar-refractivity contribution in [1.82, 2.24) is 0 Å². The summed E-state index contributed by atoms with van der Waals surface area (Å²) < 4.78 is 0. The fourth-order valence-corrected chi connectivity index (χ4v) is 2.76. The first kappa shape index (κ1) is 22.0. The fourth-order valence-electron chi connectivity index (χ4n) is 1.83. The average molecular weight is 342 g/mol. The number of hydrogen-bond donors (Lipinski definition) is 3. The first-order chi connectivity index (χ1) is 10.9. The lowest BCUT2D eigenvalue weighted by Gasteiger charge is -2.05. The van der Waals surface area contributed by atoms with Crippen molar-refractivity contribution < 1.29 is 15.0 Å². The van der Waals surface area contributed by atoms with E-state index in [9.17, 15) is 4.79 Å². The molecule has 0 aromatic rings. The van der Waals surface area contributed by atoms with E-state index in [2.05, 4.69) is 32.1 Å². The summed E-state index contributed by atoms with van der Waals surface area (Å²) in [5.74, 6) is 0.308. The number of allylic oxidation sites excluding steroid dienone is 4. The van der Waals surface area contributed by atoms with E-state index in [1.807, 2.05) is 6.92 Å². The van der Waals surface area contributed by atoms with Crippen LogP contribution in [0.3, 0.4) is 0 Å². The Morgan fingerprint density at radius 1 is 1.04 bits per heavy atom. The van der Waals surface area contributed by atoms with Gasteiger partial charge in [-0.25, -0.2) is 0 Å². The van der Waals surface area contributed by atoms with E-state index in [0.29, 0.717) is 5.75 Å². The molecule has 4 N–H and O–H groups in total. The molecule has 0 amide bonds. The van der Waals surface area contributed by atoms with Crippen molar-refractivity contribution in [1.29, 1.82) is 0 Å². The molecule has 0 aromatic heterocycles. The van der Waals surface area contributed by atoms with Gasteiger partial charge < -0.3 is 15.9 Å². The van der Waals surface area contributed by atoms with Crippen LogP contribution < -0.4 is 5.73 Å². The molecule has 0 saturated carbocycles. The van der Waals surface area contributed by atoms with Gasteiger partial charge in [0.15, 0.2) is 0 Å². The number of aliphatic hydroxyl groups is 1. The summed E-state index contributed by atoms with van der Waals surface area (Å²) in [6.45, 7) is 6.33. The van der Waals surface area contributed by atoms with Crippen LogP contribution in [-0.4, -0.2) is 40.3 Å². The van der Waals surface area contributed by atoms with Gasteiger partial charge >= 0.3 is 5.97 Å². The predicted molar refractivity (Wildman–Crippen MR) is 99.8 cm³/mol. The normalized spacial score (nSPS) is 14.9. The number of nitrogens with two attached hydrogens (primary N) is 1. The highest BCUT2D eigenvalue weighted by Gasteiger charge is 2.09. The molecule has 0 aliphatic heterocycles. The van der Waals surface area contributed by atoms with Crippen LogP contribution in [0.2, 0.25) is 0 Å². The molecular formula is C18H31NO3S. The van der Waals surface area contributed by atoms with Crippen LogP contribution >= 0.6 is 11.8 Å². The molecule has 5 heteroatoms. The Hall–Kier alpha value is -1.04. The minimum atomic E-state index is -0.942. The quantitative estimate of drug-likeness (QED) is 0.374. The SMILES string of the molecule is CC(=CCCC(C)=CCCC(C)=CCSC[C@H](N)C(=O)O)CO. The van der Waals surface area contributed by atoms with Crippen molar-refractivity contribution >= 4 is 17.7 Å². The molecule has 1 atom stereocenters. The number of thioether (sulfide) groups is 1. The van der Waals surface area contributed by atoms with Crippen LogP contribution in [0, 0.1) is 0 Å². The summed E-state index contributed by atoms with van der Waals surface area (Å²) >= 11 is 1.55. The fraction of sp³-hybridized carbons (Fsp3) is 0.611.